The first-order chi connectivity index (χ1) is 8.19. The summed E-state index contributed by atoms with van der Waals surface area (Å²) in [6, 6.07) is 8.67. The van der Waals surface area contributed by atoms with E-state index in [0.29, 0.717) is 0 Å². The molecule has 0 aliphatic carbocycles. The molecule has 96 valence electrons. The third-order valence-electron chi connectivity index (χ3n) is 3.44. The number of rotatable bonds is 7. The van der Waals surface area contributed by atoms with Gasteiger partial charge in [-0.1, -0.05) is 57.7 Å². The van der Waals surface area contributed by atoms with Crippen LogP contribution in [0.1, 0.15) is 57.6 Å². The summed E-state index contributed by atoms with van der Waals surface area (Å²) in [4.78, 5) is 0. The van der Waals surface area contributed by atoms with Crippen molar-refractivity contribution in [2.75, 3.05) is 0 Å². The molecule has 1 nitrogen and oxygen atoms in total. The molecule has 0 heterocycles. The molecule has 1 aromatic carbocycles. The average molecular weight is 345 g/mol. The summed E-state index contributed by atoms with van der Waals surface area (Å²) >= 11 is 2.38. The van der Waals surface area contributed by atoms with Gasteiger partial charge in [-0.2, -0.15) is 0 Å². The van der Waals surface area contributed by atoms with E-state index in [4.69, 9.17) is 5.73 Å². The largest absolute Gasteiger partial charge is 0.324 e. The Morgan fingerprint density at radius 3 is 2.53 bits per heavy atom. The summed E-state index contributed by atoms with van der Waals surface area (Å²) in [5.41, 5.74) is 7.65. The highest BCUT2D eigenvalue weighted by Crippen LogP contribution is 2.27. The van der Waals surface area contributed by atoms with E-state index in [-0.39, 0.29) is 6.04 Å². The smallest absolute Gasteiger partial charge is 0.0308 e. The van der Waals surface area contributed by atoms with Gasteiger partial charge in [0.25, 0.3) is 0 Å². The van der Waals surface area contributed by atoms with Gasteiger partial charge in [-0.05, 0) is 46.6 Å². The zero-order valence-corrected chi connectivity index (χ0v) is 13.1. The first-order valence-electron chi connectivity index (χ1n) is 6.69. The molecule has 0 fully saturated rings. The predicted molar refractivity (Wildman–Crippen MR) is 84.0 cm³/mol. The van der Waals surface area contributed by atoms with Crippen LogP contribution < -0.4 is 5.73 Å². The molecule has 2 unspecified atom stereocenters. The van der Waals surface area contributed by atoms with E-state index in [1.165, 1.54) is 34.8 Å². The Hall–Kier alpha value is -0.0900. The van der Waals surface area contributed by atoms with E-state index in [9.17, 15) is 0 Å². The number of benzene rings is 1. The van der Waals surface area contributed by atoms with Crippen molar-refractivity contribution in [1.29, 1.82) is 0 Å². The number of hydrogen-bond acceptors (Lipinski definition) is 1. The zero-order chi connectivity index (χ0) is 12.7. The maximum atomic E-state index is 6.34. The monoisotopic (exact) mass is 345 g/mol. The number of nitrogens with two attached hydrogens (primary N) is 1. The van der Waals surface area contributed by atoms with Gasteiger partial charge in [0.1, 0.15) is 0 Å². The standard InChI is InChI=1S/C15H24IN/c1-3-5-8-12(4-2)11-15(17)13-9-6-7-10-14(13)16/h6-7,9-10,12,15H,3-5,8,11,17H2,1-2H3. The Morgan fingerprint density at radius 1 is 1.24 bits per heavy atom. The van der Waals surface area contributed by atoms with Crippen LogP contribution in [0.2, 0.25) is 0 Å². The lowest BCUT2D eigenvalue weighted by atomic mass is 9.90. The van der Waals surface area contributed by atoms with Gasteiger partial charge in [0.05, 0.1) is 0 Å². The van der Waals surface area contributed by atoms with Gasteiger partial charge in [-0.25, -0.2) is 0 Å². The molecule has 0 saturated heterocycles. The second kappa shape index (κ2) is 8.09. The van der Waals surface area contributed by atoms with Crippen LogP contribution in [0.3, 0.4) is 0 Å². The maximum absolute atomic E-state index is 6.34. The van der Waals surface area contributed by atoms with Gasteiger partial charge in [0.15, 0.2) is 0 Å². The lowest BCUT2D eigenvalue weighted by molar-refractivity contribution is 0.388. The Kier molecular flexibility index (Phi) is 7.12. The van der Waals surface area contributed by atoms with E-state index in [2.05, 4.69) is 60.7 Å². The average Bonchev–Trinajstić information content (AvgIpc) is 2.34. The van der Waals surface area contributed by atoms with Crippen LogP contribution >= 0.6 is 22.6 Å². The summed E-state index contributed by atoms with van der Waals surface area (Å²) in [6.07, 6.45) is 6.31. The summed E-state index contributed by atoms with van der Waals surface area (Å²) in [5.74, 6) is 0.779. The SMILES string of the molecule is CCCCC(CC)CC(N)c1ccccc1I. The minimum atomic E-state index is 0.199. The lowest BCUT2D eigenvalue weighted by Gasteiger charge is -2.20. The Balaban J connectivity index is 2.58. The number of hydrogen-bond donors (Lipinski definition) is 1. The molecule has 0 bridgehead atoms. The molecule has 2 N–H and O–H groups in total. The fourth-order valence-electron chi connectivity index (χ4n) is 2.24. The molecule has 2 heteroatoms. The van der Waals surface area contributed by atoms with Gasteiger partial charge in [-0.3, -0.25) is 0 Å². The molecular weight excluding hydrogens is 321 g/mol. The molecule has 1 aromatic rings. The molecule has 1 rings (SSSR count). The fraction of sp³-hybridized carbons (Fsp3) is 0.600. The first-order valence-corrected chi connectivity index (χ1v) is 7.76. The van der Waals surface area contributed by atoms with Gasteiger partial charge in [0, 0.05) is 9.61 Å². The normalized spacial score (nSPS) is 14.6. The van der Waals surface area contributed by atoms with Gasteiger partial charge >= 0.3 is 0 Å². The molecule has 0 radical (unpaired) electrons. The highest BCUT2D eigenvalue weighted by Gasteiger charge is 2.14. The fourth-order valence-corrected chi connectivity index (χ4v) is 3.03. The van der Waals surface area contributed by atoms with Crippen molar-refractivity contribution in [2.24, 2.45) is 11.7 Å². The molecule has 0 aromatic heterocycles. The van der Waals surface area contributed by atoms with Crippen molar-refractivity contribution >= 4 is 22.6 Å². The van der Waals surface area contributed by atoms with Crippen molar-refractivity contribution < 1.29 is 0 Å². The van der Waals surface area contributed by atoms with E-state index in [1.807, 2.05) is 0 Å². The van der Waals surface area contributed by atoms with Crippen molar-refractivity contribution in [3.63, 3.8) is 0 Å². The third kappa shape index (κ3) is 4.96. The highest BCUT2D eigenvalue weighted by atomic mass is 127. The van der Waals surface area contributed by atoms with Crippen LogP contribution in [0.25, 0.3) is 0 Å². The predicted octanol–water partition coefficient (Wildman–Crippen LogP) is 4.90. The quantitative estimate of drug-likeness (QED) is 0.699. The highest BCUT2D eigenvalue weighted by molar-refractivity contribution is 14.1. The van der Waals surface area contributed by atoms with E-state index in [0.717, 1.165) is 12.3 Å². The molecule has 0 spiro atoms. The van der Waals surface area contributed by atoms with Gasteiger partial charge < -0.3 is 5.73 Å². The van der Waals surface area contributed by atoms with Crippen molar-refractivity contribution in [3.8, 4) is 0 Å². The first kappa shape index (κ1) is 15.0. The Labute approximate surface area is 119 Å². The molecule has 0 amide bonds. The molecule has 17 heavy (non-hydrogen) atoms. The van der Waals surface area contributed by atoms with Gasteiger partial charge in [-0.15, -0.1) is 0 Å². The third-order valence-corrected chi connectivity index (χ3v) is 4.42. The minimum Gasteiger partial charge on any atom is -0.324 e. The van der Waals surface area contributed by atoms with E-state index >= 15 is 0 Å². The van der Waals surface area contributed by atoms with Crippen LogP contribution in [0.5, 0.6) is 0 Å². The minimum absolute atomic E-state index is 0.199. The summed E-state index contributed by atoms with van der Waals surface area (Å²) in [7, 11) is 0. The van der Waals surface area contributed by atoms with Crippen LogP contribution in [0.15, 0.2) is 24.3 Å². The number of halogens is 1. The van der Waals surface area contributed by atoms with Crippen molar-refractivity contribution in [2.45, 2.75) is 52.0 Å². The summed E-state index contributed by atoms with van der Waals surface area (Å²) in [6.45, 7) is 4.54. The van der Waals surface area contributed by atoms with Crippen LogP contribution in [-0.4, -0.2) is 0 Å². The Morgan fingerprint density at radius 2 is 1.94 bits per heavy atom. The van der Waals surface area contributed by atoms with E-state index < -0.39 is 0 Å². The second-order valence-corrected chi connectivity index (χ2v) is 5.94. The molecule has 0 aliphatic heterocycles. The van der Waals surface area contributed by atoms with Crippen LogP contribution in [0.4, 0.5) is 0 Å². The Bertz CT molecular complexity index is 324. The summed E-state index contributed by atoms with van der Waals surface area (Å²) < 4.78 is 1.29. The molecule has 0 saturated carbocycles. The van der Waals surface area contributed by atoms with Crippen LogP contribution in [-0.2, 0) is 0 Å². The number of unbranched alkanes of at least 4 members (excludes halogenated alkanes) is 1. The van der Waals surface area contributed by atoms with E-state index in [1.54, 1.807) is 0 Å². The molecular formula is C15H24IN. The van der Waals surface area contributed by atoms with Crippen molar-refractivity contribution in [1.82, 2.24) is 0 Å². The molecule has 0 aliphatic rings. The topological polar surface area (TPSA) is 26.0 Å². The van der Waals surface area contributed by atoms with Crippen LogP contribution in [0, 0.1) is 9.49 Å². The lowest BCUT2D eigenvalue weighted by Crippen LogP contribution is -2.16. The zero-order valence-electron chi connectivity index (χ0n) is 11.0. The molecule has 2 atom stereocenters. The second-order valence-electron chi connectivity index (χ2n) is 4.78. The summed E-state index contributed by atoms with van der Waals surface area (Å²) in [5, 5.41) is 0. The van der Waals surface area contributed by atoms with Gasteiger partial charge in [0.2, 0.25) is 0 Å². The maximum Gasteiger partial charge on any atom is 0.0308 e. The van der Waals surface area contributed by atoms with Crippen molar-refractivity contribution in [3.05, 3.63) is 33.4 Å².